The molecule has 0 fully saturated rings. The van der Waals surface area contributed by atoms with Gasteiger partial charge >= 0.3 is 0 Å². The van der Waals surface area contributed by atoms with Gasteiger partial charge in [0, 0.05) is 33.2 Å². The third-order valence-corrected chi connectivity index (χ3v) is 5.31. The maximum Gasteiger partial charge on any atom is 0.265 e. The molecule has 5 nitrogen and oxygen atoms in total. The van der Waals surface area contributed by atoms with Gasteiger partial charge in [-0.25, -0.2) is 13.4 Å². The molecule has 2 N–H and O–H groups in total. The summed E-state index contributed by atoms with van der Waals surface area (Å²) >= 11 is 7.17. The van der Waals surface area contributed by atoms with Gasteiger partial charge in [-0.15, -0.1) is 11.3 Å². The van der Waals surface area contributed by atoms with Crippen LogP contribution in [0.2, 0.25) is 5.02 Å². The molecule has 2 aromatic heterocycles. The van der Waals surface area contributed by atoms with Crippen molar-refractivity contribution in [1.82, 2.24) is 9.97 Å². The van der Waals surface area contributed by atoms with E-state index < -0.39 is 10.0 Å². The van der Waals surface area contributed by atoms with Crippen LogP contribution in [0.25, 0.3) is 10.9 Å². The van der Waals surface area contributed by atoms with Gasteiger partial charge in [-0.2, -0.15) is 0 Å². The Kier molecular flexibility index (Phi) is 3.19. The summed E-state index contributed by atoms with van der Waals surface area (Å²) in [5.41, 5.74) is 0.674. The summed E-state index contributed by atoms with van der Waals surface area (Å²) in [5.74, 6) is 0. The molecule has 0 aliphatic heterocycles. The van der Waals surface area contributed by atoms with E-state index >= 15 is 0 Å². The van der Waals surface area contributed by atoms with E-state index in [1.165, 1.54) is 17.5 Å². The topological polar surface area (TPSA) is 74.8 Å². The summed E-state index contributed by atoms with van der Waals surface area (Å²) in [6, 6.07) is 5.02. The number of aromatic amines is 1. The van der Waals surface area contributed by atoms with Crippen molar-refractivity contribution in [2.45, 2.75) is 11.8 Å². The molecule has 0 aliphatic rings. The first-order chi connectivity index (χ1) is 9.45. The Morgan fingerprint density at radius 3 is 2.90 bits per heavy atom. The Bertz CT molecular complexity index is 883. The zero-order chi connectivity index (χ0) is 14.3. The van der Waals surface area contributed by atoms with Gasteiger partial charge in [-0.3, -0.25) is 4.72 Å². The van der Waals surface area contributed by atoms with Crippen LogP contribution in [-0.2, 0) is 10.0 Å². The highest BCUT2D eigenvalue weighted by molar-refractivity contribution is 7.93. The maximum atomic E-state index is 12.4. The number of thiazole rings is 1. The van der Waals surface area contributed by atoms with Crippen LogP contribution in [0.5, 0.6) is 0 Å². The molecule has 3 aromatic rings. The molecule has 0 radical (unpaired) electrons. The van der Waals surface area contributed by atoms with E-state index in [-0.39, 0.29) is 4.90 Å². The fraction of sp³-hybridized carbons (Fsp3) is 0.0833. The summed E-state index contributed by atoms with van der Waals surface area (Å²) < 4.78 is 27.2. The van der Waals surface area contributed by atoms with Crippen LogP contribution in [0.15, 0.2) is 35.5 Å². The van der Waals surface area contributed by atoms with Crippen LogP contribution in [0.3, 0.4) is 0 Å². The molecule has 0 saturated heterocycles. The van der Waals surface area contributed by atoms with Crippen LogP contribution < -0.4 is 4.72 Å². The SMILES string of the molecule is Cc1cnc(NS(=O)(=O)c2c[nH]c3cc(Cl)ccc23)s1. The molecule has 20 heavy (non-hydrogen) atoms. The van der Waals surface area contributed by atoms with Crippen molar-refractivity contribution in [3.63, 3.8) is 0 Å². The van der Waals surface area contributed by atoms with Crippen molar-refractivity contribution in [3.05, 3.63) is 40.5 Å². The lowest BCUT2D eigenvalue weighted by Gasteiger charge is -2.03. The first kappa shape index (κ1) is 13.4. The number of nitrogens with zero attached hydrogens (tertiary/aromatic N) is 1. The van der Waals surface area contributed by atoms with E-state index in [0.717, 1.165) is 4.88 Å². The van der Waals surface area contributed by atoms with Crippen molar-refractivity contribution in [2.24, 2.45) is 0 Å². The van der Waals surface area contributed by atoms with Gasteiger partial charge in [-0.1, -0.05) is 11.6 Å². The lowest BCUT2D eigenvalue weighted by molar-refractivity contribution is 0.602. The monoisotopic (exact) mass is 327 g/mol. The summed E-state index contributed by atoms with van der Waals surface area (Å²) in [5, 5.41) is 1.49. The standard InChI is InChI=1S/C12H10ClN3O2S2/c1-7-5-15-12(19-7)16-20(17,18)11-6-14-10-4-8(13)2-3-9(10)11/h2-6,14H,1H3,(H,15,16). The first-order valence-electron chi connectivity index (χ1n) is 5.67. The van der Waals surface area contributed by atoms with Crippen LogP contribution in [-0.4, -0.2) is 18.4 Å². The second-order valence-electron chi connectivity index (χ2n) is 4.22. The number of rotatable bonds is 3. The molecule has 0 amide bonds. The van der Waals surface area contributed by atoms with Gasteiger partial charge in [-0.05, 0) is 25.1 Å². The molecule has 2 heterocycles. The van der Waals surface area contributed by atoms with Crippen LogP contribution in [0, 0.1) is 6.92 Å². The average Bonchev–Trinajstić information content (AvgIpc) is 2.94. The Balaban J connectivity index is 2.05. The average molecular weight is 328 g/mol. The van der Waals surface area contributed by atoms with Crippen LogP contribution in [0.4, 0.5) is 5.13 Å². The third kappa shape index (κ3) is 2.39. The van der Waals surface area contributed by atoms with Crippen LogP contribution in [0.1, 0.15) is 4.88 Å². The van der Waals surface area contributed by atoms with Gasteiger partial charge in [0.05, 0.1) is 0 Å². The summed E-state index contributed by atoms with van der Waals surface area (Å²) in [7, 11) is -3.67. The highest BCUT2D eigenvalue weighted by Gasteiger charge is 2.20. The Morgan fingerprint density at radius 1 is 1.40 bits per heavy atom. The minimum atomic E-state index is -3.67. The van der Waals surface area contributed by atoms with E-state index in [2.05, 4.69) is 14.7 Å². The number of aryl methyl sites for hydroxylation is 1. The minimum Gasteiger partial charge on any atom is -0.360 e. The molecule has 1 aromatic carbocycles. The van der Waals surface area contributed by atoms with Crippen molar-refractivity contribution in [2.75, 3.05) is 4.72 Å². The van der Waals surface area contributed by atoms with E-state index in [0.29, 0.717) is 21.1 Å². The van der Waals surface area contributed by atoms with E-state index in [9.17, 15) is 8.42 Å². The van der Waals surface area contributed by atoms with Gasteiger partial charge in [0.2, 0.25) is 0 Å². The highest BCUT2D eigenvalue weighted by atomic mass is 35.5. The zero-order valence-electron chi connectivity index (χ0n) is 10.3. The minimum absolute atomic E-state index is 0.178. The molecule has 8 heteroatoms. The molecular formula is C12H10ClN3O2S2. The van der Waals surface area contributed by atoms with E-state index in [1.54, 1.807) is 24.4 Å². The lowest BCUT2D eigenvalue weighted by atomic mass is 10.2. The predicted molar refractivity (Wildman–Crippen MR) is 81.0 cm³/mol. The summed E-state index contributed by atoms with van der Waals surface area (Å²) in [4.78, 5) is 8.02. The molecule has 104 valence electrons. The molecule has 0 unspecified atom stereocenters. The highest BCUT2D eigenvalue weighted by Crippen LogP contribution is 2.27. The fourth-order valence-electron chi connectivity index (χ4n) is 1.87. The number of anilines is 1. The van der Waals surface area contributed by atoms with Gasteiger partial charge in [0.1, 0.15) is 4.90 Å². The number of hydrogen-bond acceptors (Lipinski definition) is 4. The smallest absolute Gasteiger partial charge is 0.265 e. The normalized spacial score (nSPS) is 11.9. The maximum absolute atomic E-state index is 12.4. The number of hydrogen-bond donors (Lipinski definition) is 2. The van der Waals surface area contributed by atoms with Gasteiger partial charge in [0.25, 0.3) is 10.0 Å². The number of H-pyrrole nitrogens is 1. The van der Waals surface area contributed by atoms with E-state index in [4.69, 9.17) is 11.6 Å². The summed E-state index contributed by atoms with van der Waals surface area (Å²) in [6.07, 6.45) is 3.07. The Labute approximate surface area is 124 Å². The predicted octanol–water partition coefficient (Wildman–Crippen LogP) is 3.39. The number of sulfonamides is 1. The number of fused-ring (bicyclic) bond motifs is 1. The van der Waals surface area contributed by atoms with Crippen LogP contribution >= 0.6 is 22.9 Å². The molecule has 0 spiro atoms. The molecule has 0 atom stereocenters. The number of benzene rings is 1. The second kappa shape index (κ2) is 4.76. The Hall–Kier alpha value is -1.57. The van der Waals surface area contributed by atoms with Gasteiger partial charge < -0.3 is 4.98 Å². The first-order valence-corrected chi connectivity index (χ1v) is 8.35. The molecule has 0 bridgehead atoms. The number of aromatic nitrogens is 2. The largest absolute Gasteiger partial charge is 0.360 e. The van der Waals surface area contributed by atoms with Gasteiger partial charge in [0.15, 0.2) is 5.13 Å². The molecular weight excluding hydrogens is 318 g/mol. The quantitative estimate of drug-likeness (QED) is 0.774. The molecule has 3 rings (SSSR count). The number of halogens is 1. The van der Waals surface area contributed by atoms with Crippen molar-refractivity contribution >= 4 is 49.0 Å². The van der Waals surface area contributed by atoms with Crippen molar-refractivity contribution in [3.8, 4) is 0 Å². The van der Waals surface area contributed by atoms with Crippen molar-refractivity contribution < 1.29 is 8.42 Å². The summed E-state index contributed by atoms with van der Waals surface area (Å²) in [6.45, 7) is 1.86. The molecule has 0 saturated carbocycles. The number of nitrogens with one attached hydrogen (secondary N) is 2. The van der Waals surface area contributed by atoms with E-state index in [1.807, 2.05) is 6.92 Å². The third-order valence-electron chi connectivity index (χ3n) is 2.74. The fourth-order valence-corrected chi connectivity index (χ4v) is 4.12. The van der Waals surface area contributed by atoms with Crippen molar-refractivity contribution in [1.29, 1.82) is 0 Å². The second-order valence-corrected chi connectivity index (χ2v) is 7.55. The molecule has 0 aliphatic carbocycles. The lowest BCUT2D eigenvalue weighted by Crippen LogP contribution is -2.12. The Morgan fingerprint density at radius 2 is 2.20 bits per heavy atom. The zero-order valence-corrected chi connectivity index (χ0v) is 12.7.